The Bertz CT molecular complexity index is 1690. The number of aromatic nitrogens is 8. The predicted octanol–water partition coefficient (Wildman–Crippen LogP) is 0.308. The minimum atomic E-state index is -1.51. The van der Waals surface area contributed by atoms with E-state index in [0.717, 1.165) is 0 Å². The van der Waals surface area contributed by atoms with Gasteiger partial charge in [0.15, 0.2) is 34.7 Å². The number of halogens is 1. The van der Waals surface area contributed by atoms with Gasteiger partial charge in [-0.1, -0.05) is 0 Å². The first-order chi connectivity index (χ1) is 20.3. The summed E-state index contributed by atoms with van der Waals surface area (Å²) in [5.74, 6) is -0.745. The standard InChI is InChI=1S/C21H26FN9O7P2S2/c22-10-7(8(2-35-39)37-19(10)30-5-26-11-15(30)24-4-25-17(11)33)1-36-40-3-9-13(32)14(38-41)20(42-9)31-6-27-12-16(31)28-21(23)29-18(12)34/h4-10,13-14,19-20,32,40-41H,1-3,39H2,(H,24,25,33)(H3,23,28,29,34)/t7-,8-,9?,10+,13-,14-,19-,20-/m1/s1. The number of aliphatic hydroxyl groups excluding tert-OH is 1. The minimum absolute atomic E-state index is 0.0248. The van der Waals surface area contributed by atoms with Crippen LogP contribution >= 0.6 is 42.9 Å². The summed E-state index contributed by atoms with van der Waals surface area (Å²) in [4.78, 5) is 45.6. The number of alkyl halides is 1. The topological polar surface area (TPSA) is 210 Å². The van der Waals surface area contributed by atoms with Crippen LogP contribution in [0.1, 0.15) is 11.6 Å². The molecular weight excluding hydrogens is 635 g/mol. The lowest BCUT2D eigenvalue weighted by Crippen LogP contribution is -2.33. The fraction of sp³-hybridized carbons (Fsp3) is 0.524. The molecule has 3 unspecified atom stereocenters. The number of nitrogens with two attached hydrogens (primary N) is 1. The Morgan fingerprint density at radius 2 is 1.95 bits per heavy atom. The number of rotatable bonds is 10. The number of hydrogen-bond donors (Lipinski definition) is 5. The molecule has 0 radical (unpaired) electrons. The highest BCUT2D eigenvalue weighted by Crippen LogP contribution is 2.47. The summed E-state index contributed by atoms with van der Waals surface area (Å²) in [5, 5.41) is 10.1. The summed E-state index contributed by atoms with van der Waals surface area (Å²) in [6.07, 6.45) is -0.478. The van der Waals surface area contributed by atoms with Crippen LogP contribution in [0.25, 0.3) is 22.3 Å². The largest absolute Gasteiger partial charge is 0.389 e. The Kier molecular flexibility index (Phi) is 8.82. The molecule has 42 heavy (non-hydrogen) atoms. The molecule has 2 aliphatic heterocycles. The number of nitrogens with one attached hydrogen (secondary N) is 2. The molecule has 10 atom stereocenters. The number of hydrogen-bond acceptors (Lipinski definition) is 14. The van der Waals surface area contributed by atoms with Crippen molar-refractivity contribution < 1.29 is 27.5 Å². The van der Waals surface area contributed by atoms with Gasteiger partial charge >= 0.3 is 0 Å². The summed E-state index contributed by atoms with van der Waals surface area (Å²) in [6, 6.07) is 0. The second kappa shape index (κ2) is 12.4. The van der Waals surface area contributed by atoms with Crippen molar-refractivity contribution >= 4 is 71.2 Å². The lowest BCUT2D eigenvalue weighted by atomic mass is 10.0. The summed E-state index contributed by atoms with van der Waals surface area (Å²) >= 11 is 5.36. The maximum Gasteiger partial charge on any atom is 0.280 e. The van der Waals surface area contributed by atoms with Crippen molar-refractivity contribution in [2.75, 3.05) is 25.1 Å². The van der Waals surface area contributed by atoms with E-state index < -0.39 is 53.1 Å². The maximum absolute atomic E-state index is 15.8. The van der Waals surface area contributed by atoms with Crippen LogP contribution in [-0.4, -0.2) is 93.3 Å². The summed E-state index contributed by atoms with van der Waals surface area (Å²) in [6.45, 7) is 0.121. The number of nitrogen functional groups attached to an aromatic ring is 1. The van der Waals surface area contributed by atoms with Crippen LogP contribution in [0.2, 0.25) is 0 Å². The Labute approximate surface area is 249 Å². The van der Waals surface area contributed by atoms with E-state index in [1.165, 1.54) is 35.3 Å². The molecule has 0 saturated carbocycles. The van der Waals surface area contributed by atoms with Crippen LogP contribution in [0.3, 0.4) is 0 Å². The number of H-pyrrole nitrogens is 2. The second-order valence-electron chi connectivity index (χ2n) is 9.62. The number of nitrogens with zero attached hydrogens (tertiary/aromatic N) is 6. The third kappa shape index (κ3) is 5.35. The van der Waals surface area contributed by atoms with E-state index in [2.05, 4.69) is 52.3 Å². The molecule has 6 heterocycles. The molecule has 226 valence electrons. The van der Waals surface area contributed by atoms with Crippen molar-refractivity contribution in [3.8, 4) is 0 Å². The quantitative estimate of drug-likeness (QED) is 0.0672. The highest BCUT2D eigenvalue weighted by molar-refractivity contribution is 8.00. The molecule has 0 aromatic carbocycles. The predicted molar refractivity (Wildman–Crippen MR) is 158 cm³/mol. The fourth-order valence-corrected chi connectivity index (χ4v) is 8.41. The molecule has 2 fully saturated rings. The molecule has 4 aromatic rings. The van der Waals surface area contributed by atoms with Crippen LogP contribution in [0.15, 0.2) is 28.6 Å². The molecule has 2 saturated heterocycles. The van der Waals surface area contributed by atoms with Crippen molar-refractivity contribution in [2.24, 2.45) is 5.92 Å². The van der Waals surface area contributed by atoms with E-state index in [9.17, 15) is 14.7 Å². The van der Waals surface area contributed by atoms with Gasteiger partial charge < -0.3 is 33.8 Å². The third-order valence-electron chi connectivity index (χ3n) is 7.19. The smallest absolute Gasteiger partial charge is 0.280 e. The zero-order valence-electron chi connectivity index (χ0n) is 21.4. The first kappa shape index (κ1) is 29.8. The summed E-state index contributed by atoms with van der Waals surface area (Å²) in [5.41, 5.74) is 5.46. The Morgan fingerprint density at radius 3 is 2.71 bits per heavy atom. The second-order valence-corrected chi connectivity index (χ2v) is 12.5. The Morgan fingerprint density at radius 1 is 1.19 bits per heavy atom. The van der Waals surface area contributed by atoms with Crippen molar-refractivity contribution in [1.82, 2.24) is 39.0 Å². The van der Waals surface area contributed by atoms with Crippen molar-refractivity contribution in [1.29, 1.82) is 0 Å². The molecule has 0 bridgehead atoms. The average molecular weight is 662 g/mol. The van der Waals surface area contributed by atoms with E-state index in [1.54, 1.807) is 4.57 Å². The maximum atomic E-state index is 15.8. The van der Waals surface area contributed by atoms with Gasteiger partial charge in [0, 0.05) is 35.6 Å². The zero-order chi connectivity index (χ0) is 29.5. The number of aliphatic hydroxyl groups is 1. The van der Waals surface area contributed by atoms with Gasteiger partial charge in [-0.25, -0.2) is 19.3 Å². The van der Waals surface area contributed by atoms with E-state index in [0.29, 0.717) is 6.16 Å². The Hall–Kier alpha value is -2.21. The lowest BCUT2D eigenvalue weighted by molar-refractivity contribution is -0.0331. The number of anilines is 1. The van der Waals surface area contributed by atoms with Crippen LogP contribution < -0.4 is 16.9 Å². The van der Waals surface area contributed by atoms with Gasteiger partial charge in [0.2, 0.25) is 5.95 Å². The van der Waals surface area contributed by atoms with Crippen molar-refractivity contribution in [3.63, 3.8) is 0 Å². The van der Waals surface area contributed by atoms with E-state index in [4.69, 9.17) is 23.7 Å². The van der Waals surface area contributed by atoms with Gasteiger partial charge in [0.1, 0.15) is 11.5 Å². The number of ether oxygens (including phenoxy) is 1. The summed E-state index contributed by atoms with van der Waals surface area (Å²) in [7, 11) is 2.03. The number of thioether (sulfide) groups is 1. The number of thiol groups is 1. The van der Waals surface area contributed by atoms with Crippen LogP contribution in [0.5, 0.6) is 0 Å². The van der Waals surface area contributed by atoms with Gasteiger partial charge in [-0.05, 0) is 12.9 Å². The van der Waals surface area contributed by atoms with Crippen molar-refractivity contribution in [2.45, 2.75) is 41.3 Å². The number of aromatic amines is 2. The number of fused-ring (bicyclic) bond motifs is 2. The van der Waals surface area contributed by atoms with E-state index >= 15 is 4.39 Å². The van der Waals surface area contributed by atoms with Crippen LogP contribution in [-0.2, 0) is 18.0 Å². The van der Waals surface area contributed by atoms with Gasteiger partial charge in [0.05, 0.1) is 44.4 Å². The highest BCUT2D eigenvalue weighted by atomic mass is 32.2. The zero-order valence-corrected chi connectivity index (χ0v) is 25.3. The average Bonchev–Trinajstić information content (AvgIpc) is 3.72. The molecule has 21 heteroatoms. The number of imidazole rings is 2. The van der Waals surface area contributed by atoms with E-state index in [1.807, 2.05) is 0 Å². The molecule has 5 N–H and O–H groups in total. The molecular formula is C21H26FN9O7P2S2. The Balaban J connectivity index is 1.11. The van der Waals surface area contributed by atoms with Gasteiger partial charge in [-0.2, -0.15) is 4.98 Å². The van der Waals surface area contributed by atoms with Crippen LogP contribution in [0.4, 0.5) is 10.3 Å². The van der Waals surface area contributed by atoms with Gasteiger partial charge in [-0.3, -0.25) is 23.7 Å². The highest BCUT2D eigenvalue weighted by Gasteiger charge is 2.48. The molecule has 2 aliphatic rings. The first-order valence-electron chi connectivity index (χ1n) is 12.5. The third-order valence-corrected chi connectivity index (χ3v) is 10.5. The lowest BCUT2D eigenvalue weighted by Gasteiger charge is -2.20. The van der Waals surface area contributed by atoms with Gasteiger partial charge in [-0.15, -0.1) is 11.8 Å². The van der Waals surface area contributed by atoms with Crippen LogP contribution in [0, 0.1) is 5.92 Å². The SMILES string of the molecule is Nc1nc2c(ncn2[C@@H]2SC(CPOC[C@H]3[C@H](F)[C@H](n4cnc5c(=O)[nH]cnc54)O[C@@H]3COP)[C@@H](O)[C@H]2OS)c(=O)[nH]1. The fourth-order valence-electron chi connectivity index (χ4n) is 5.15. The van der Waals surface area contributed by atoms with Crippen molar-refractivity contribution in [3.05, 3.63) is 39.7 Å². The van der Waals surface area contributed by atoms with Gasteiger partial charge in [0.25, 0.3) is 11.1 Å². The molecule has 4 aromatic heterocycles. The molecule has 0 spiro atoms. The normalized spacial score (nSPS) is 30.0. The minimum Gasteiger partial charge on any atom is -0.389 e. The monoisotopic (exact) mass is 661 g/mol. The molecule has 0 aliphatic carbocycles. The molecule has 0 amide bonds. The van der Waals surface area contributed by atoms with E-state index in [-0.39, 0.29) is 55.5 Å². The molecule has 6 rings (SSSR count). The summed E-state index contributed by atoms with van der Waals surface area (Å²) < 4.78 is 41.1. The molecule has 16 nitrogen and oxygen atoms in total. The first-order valence-corrected chi connectivity index (χ1v) is 15.4.